The number of morpholine rings is 1. The van der Waals surface area contributed by atoms with E-state index in [1.807, 2.05) is 0 Å². The zero-order chi connectivity index (χ0) is 12.3. The van der Waals surface area contributed by atoms with E-state index in [0.717, 1.165) is 0 Å². The standard InChI is InChI=1S/C10H14N2O4S/c13-9-1-3-10(4-2-9)17(14,15)11-12-5-7-16-8-6-12/h1-4,11,13H,5-8H2. The third kappa shape index (κ3) is 3.16. The van der Waals surface area contributed by atoms with E-state index in [1.54, 1.807) is 5.01 Å². The molecule has 1 saturated heterocycles. The van der Waals surface area contributed by atoms with Gasteiger partial charge >= 0.3 is 0 Å². The van der Waals surface area contributed by atoms with Gasteiger partial charge in [0.2, 0.25) is 0 Å². The summed E-state index contributed by atoms with van der Waals surface area (Å²) >= 11 is 0. The molecule has 0 saturated carbocycles. The zero-order valence-corrected chi connectivity index (χ0v) is 9.98. The molecule has 7 heteroatoms. The predicted molar refractivity (Wildman–Crippen MR) is 60.8 cm³/mol. The van der Waals surface area contributed by atoms with E-state index < -0.39 is 10.0 Å². The highest BCUT2D eigenvalue weighted by Crippen LogP contribution is 2.14. The molecule has 2 N–H and O–H groups in total. The van der Waals surface area contributed by atoms with Gasteiger partial charge in [0.25, 0.3) is 10.0 Å². The summed E-state index contributed by atoms with van der Waals surface area (Å²) < 4.78 is 29.0. The van der Waals surface area contributed by atoms with E-state index in [9.17, 15) is 8.42 Å². The van der Waals surface area contributed by atoms with Gasteiger partial charge in [-0.15, -0.1) is 4.83 Å². The van der Waals surface area contributed by atoms with Gasteiger partial charge < -0.3 is 9.84 Å². The van der Waals surface area contributed by atoms with Gasteiger partial charge in [-0.1, -0.05) is 0 Å². The number of benzene rings is 1. The molecule has 6 nitrogen and oxygen atoms in total. The van der Waals surface area contributed by atoms with Crippen molar-refractivity contribution in [2.45, 2.75) is 4.90 Å². The van der Waals surface area contributed by atoms with Gasteiger partial charge in [0, 0.05) is 13.1 Å². The van der Waals surface area contributed by atoms with Crippen LogP contribution in [0.1, 0.15) is 0 Å². The summed E-state index contributed by atoms with van der Waals surface area (Å²) in [7, 11) is -3.57. The Balaban J connectivity index is 2.10. The van der Waals surface area contributed by atoms with Crippen molar-refractivity contribution in [1.29, 1.82) is 0 Å². The fourth-order valence-electron chi connectivity index (χ4n) is 1.50. The van der Waals surface area contributed by atoms with Gasteiger partial charge in [0.1, 0.15) is 5.75 Å². The highest BCUT2D eigenvalue weighted by Gasteiger charge is 2.19. The number of nitrogens with one attached hydrogen (secondary N) is 1. The predicted octanol–water partition coefficient (Wildman–Crippen LogP) is -0.0823. The van der Waals surface area contributed by atoms with Crippen LogP contribution in [0.5, 0.6) is 5.75 Å². The number of aromatic hydroxyl groups is 1. The van der Waals surface area contributed by atoms with Gasteiger partial charge in [-0.05, 0) is 24.3 Å². The van der Waals surface area contributed by atoms with E-state index in [0.29, 0.717) is 26.3 Å². The summed E-state index contributed by atoms with van der Waals surface area (Å²) in [6.07, 6.45) is 0. The lowest BCUT2D eigenvalue weighted by atomic mass is 10.3. The molecule has 0 radical (unpaired) electrons. The Bertz CT molecular complexity index is 466. The van der Waals surface area contributed by atoms with Crippen LogP contribution in [0.4, 0.5) is 0 Å². The number of hydrazine groups is 1. The van der Waals surface area contributed by atoms with Crippen LogP contribution in [0.2, 0.25) is 0 Å². The lowest BCUT2D eigenvalue weighted by Gasteiger charge is -2.26. The Morgan fingerprint density at radius 3 is 2.35 bits per heavy atom. The lowest BCUT2D eigenvalue weighted by Crippen LogP contribution is -2.48. The van der Waals surface area contributed by atoms with Crippen LogP contribution in [-0.4, -0.2) is 44.8 Å². The maximum absolute atomic E-state index is 11.9. The molecule has 17 heavy (non-hydrogen) atoms. The molecule has 1 fully saturated rings. The largest absolute Gasteiger partial charge is 0.508 e. The van der Waals surface area contributed by atoms with E-state index in [4.69, 9.17) is 9.84 Å². The molecule has 0 aliphatic carbocycles. The zero-order valence-electron chi connectivity index (χ0n) is 9.17. The number of phenols is 1. The van der Waals surface area contributed by atoms with Gasteiger partial charge in [0.15, 0.2) is 0 Å². The number of phenolic OH excluding ortho intramolecular Hbond substituents is 1. The summed E-state index contributed by atoms with van der Waals surface area (Å²) in [5.74, 6) is 0.0373. The van der Waals surface area contributed by atoms with Crippen LogP contribution in [0, 0.1) is 0 Å². The third-order valence-electron chi connectivity index (χ3n) is 2.41. The second kappa shape index (κ2) is 5.01. The smallest absolute Gasteiger partial charge is 0.253 e. The van der Waals surface area contributed by atoms with E-state index in [1.165, 1.54) is 24.3 Å². The van der Waals surface area contributed by atoms with Crippen LogP contribution in [-0.2, 0) is 14.8 Å². The second-order valence-corrected chi connectivity index (χ2v) is 5.35. The van der Waals surface area contributed by atoms with Crippen molar-refractivity contribution in [2.24, 2.45) is 0 Å². The molecule has 0 atom stereocenters. The number of nitrogens with zero attached hydrogens (tertiary/aromatic N) is 1. The van der Waals surface area contributed by atoms with Crippen molar-refractivity contribution < 1.29 is 18.3 Å². The Labute approximate surface area is 99.8 Å². The Kier molecular flexibility index (Phi) is 3.63. The monoisotopic (exact) mass is 258 g/mol. The molecule has 94 valence electrons. The van der Waals surface area contributed by atoms with Gasteiger partial charge in [-0.2, -0.15) is 0 Å². The van der Waals surface area contributed by atoms with Crippen molar-refractivity contribution in [1.82, 2.24) is 9.84 Å². The molecule has 1 heterocycles. The number of hydrogen-bond acceptors (Lipinski definition) is 5. The van der Waals surface area contributed by atoms with Gasteiger partial charge in [-0.3, -0.25) is 0 Å². The lowest BCUT2D eigenvalue weighted by molar-refractivity contribution is 0.0272. The summed E-state index contributed by atoms with van der Waals surface area (Å²) in [4.78, 5) is 2.60. The Morgan fingerprint density at radius 2 is 1.76 bits per heavy atom. The topological polar surface area (TPSA) is 78.9 Å². The summed E-state index contributed by atoms with van der Waals surface area (Å²) in [6.45, 7) is 2.07. The van der Waals surface area contributed by atoms with E-state index >= 15 is 0 Å². The van der Waals surface area contributed by atoms with Crippen molar-refractivity contribution in [2.75, 3.05) is 26.3 Å². The van der Waals surface area contributed by atoms with Crippen molar-refractivity contribution >= 4 is 10.0 Å². The number of hydrogen-bond donors (Lipinski definition) is 2. The molecule has 1 aromatic rings. The van der Waals surface area contributed by atoms with Crippen LogP contribution in [0.3, 0.4) is 0 Å². The van der Waals surface area contributed by atoms with Crippen LogP contribution >= 0.6 is 0 Å². The average Bonchev–Trinajstić information content (AvgIpc) is 2.30. The average molecular weight is 258 g/mol. The minimum Gasteiger partial charge on any atom is -0.508 e. The van der Waals surface area contributed by atoms with Crippen molar-refractivity contribution in [3.8, 4) is 5.75 Å². The molecular formula is C10H14N2O4S. The van der Waals surface area contributed by atoms with Crippen LogP contribution in [0.15, 0.2) is 29.2 Å². The molecular weight excluding hydrogens is 244 g/mol. The quantitative estimate of drug-likeness (QED) is 0.792. The summed E-state index contributed by atoms with van der Waals surface area (Å²) in [5.41, 5.74) is 0. The molecule has 1 aromatic carbocycles. The molecule has 2 rings (SSSR count). The van der Waals surface area contributed by atoms with E-state index in [-0.39, 0.29) is 10.6 Å². The first kappa shape index (κ1) is 12.3. The minimum absolute atomic E-state index is 0.0373. The first-order valence-electron chi connectivity index (χ1n) is 5.22. The molecule has 0 unspecified atom stereocenters. The second-order valence-electron chi connectivity index (χ2n) is 3.69. The highest BCUT2D eigenvalue weighted by molar-refractivity contribution is 7.89. The Morgan fingerprint density at radius 1 is 1.18 bits per heavy atom. The maximum Gasteiger partial charge on any atom is 0.253 e. The molecule has 0 spiro atoms. The van der Waals surface area contributed by atoms with Crippen molar-refractivity contribution in [3.05, 3.63) is 24.3 Å². The molecule has 0 bridgehead atoms. The summed E-state index contributed by atoms with van der Waals surface area (Å²) in [6, 6.07) is 5.40. The number of rotatable bonds is 3. The summed E-state index contributed by atoms with van der Waals surface area (Å²) in [5, 5.41) is 10.7. The molecule has 0 aromatic heterocycles. The molecule has 0 amide bonds. The van der Waals surface area contributed by atoms with E-state index in [2.05, 4.69) is 4.83 Å². The third-order valence-corrected chi connectivity index (χ3v) is 3.80. The number of ether oxygens (including phenoxy) is 1. The Hall–Kier alpha value is -1.15. The number of sulfonamides is 1. The minimum atomic E-state index is -3.57. The fourth-order valence-corrected chi connectivity index (χ4v) is 2.62. The van der Waals surface area contributed by atoms with Gasteiger partial charge in [0.05, 0.1) is 18.1 Å². The SMILES string of the molecule is O=S(=O)(NN1CCOCC1)c1ccc(O)cc1. The maximum atomic E-state index is 11.9. The molecule has 1 aliphatic rings. The first-order chi connectivity index (χ1) is 8.08. The normalized spacial score (nSPS) is 18.1. The van der Waals surface area contributed by atoms with Crippen LogP contribution in [0.25, 0.3) is 0 Å². The first-order valence-corrected chi connectivity index (χ1v) is 6.70. The van der Waals surface area contributed by atoms with Crippen molar-refractivity contribution in [3.63, 3.8) is 0 Å². The van der Waals surface area contributed by atoms with Gasteiger partial charge in [-0.25, -0.2) is 13.4 Å². The highest BCUT2D eigenvalue weighted by atomic mass is 32.2. The van der Waals surface area contributed by atoms with Crippen LogP contribution < -0.4 is 4.83 Å². The fraction of sp³-hybridized carbons (Fsp3) is 0.400. The molecule has 1 aliphatic heterocycles.